The van der Waals surface area contributed by atoms with Crippen molar-refractivity contribution in [3.63, 3.8) is 0 Å². The van der Waals surface area contributed by atoms with E-state index in [-0.39, 0.29) is 11.5 Å². The van der Waals surface area contributed by atoms with Crippen LogP contribution in [0.2, 0.25) is 0 Å². The Morgan fingerprint density at radius 1 is 1.11 bits per heavy atom. The van der Waals surface area contributed by atoms with Crippen molar-refractivity contribution < 1.29 is 9.47 Å². The van der Waals surface area contributed by atoms with Gasteiger partial charge in [-0.2, -0.15) is 0 Å². The highest BCUT2D eigenvalue weighted by molar-refractivity contribution is 5.43. The Balaban J connectivity index is 1.99. The maximum absolute atomic E-state index is 6.02. The molecule has 1 aromatic rings. The number of aryl methyl sites for hydroxylation is 3. The molecule has 0 amide bonds. The summed E-state index contributed by atoms with van der Waals surface area (Å²) < 4.78 is 11.6. The predicted molar refractivity (Wildman–Crippen MR) is 75.8 cm³/mol. The van der Waals surface area contributed by atoms with Crippen molar-refractivity contribution in [1.29, 1.82) is 0 Å². The fraction of sp³-hybridized carbons (Fsp3) is 0.625. The van der Waals surface area contributed by atoms with Gasteiger partial charge in [0, 0.05) is 13.1 Å². The molecule has 19 heavy (non-hydrogen) atoms. The number of benzene rings is 1. The highest BCUT2D eigenvalue weighted by atomic mass is 16.5. The molecule has 0 radical (unpaired) electrons. The zero-order valence-electron chi connectivity index (χ0n) is 12.1. The quantitative estimate of drug-likeness (QED) is 0.881. The van der Waals surface area contributed by atoms with Crippen molar-refractivity contribution in [2.45, 2.75) is 32.3 Å². The molecule has 0 saturated carbocycles. The van der Waals surface area contributed by atoms with Crippen LogP contribution in [0.15, 0.2) is 12.1 Å². The van der Waals surface area contributed by atoms with Crippen LogP contribution in [0.4, 0.5) is 0 Å². The lowest BCUT2D eigenvalue weighted by Gasteiger charge is -2.49. The van der Waals surface area contributed by atoms with Crippen molar-refractivity contribution >= 4 is 0 Å². The average molecular weight is 261 g/mol. The zero-order chi connectivity index (χ0) is 13.5. The van der Waals surface area contributed by atoms with Crippen molar-refractivity contribution in [3.05, 3.63) is 34.4 Å². The van der Waals surface area contributed by atoms with Crippen LogP contribution < -0.4 is 5.32 Å². The summed E-state index contributed by atoms with van der Waals surface area (Å²) in [6.45, 7) is 10.8. The lowest BCUT2D eigenvalue weighted by molar-refractivity contribution is -0.146. The van der Waals surface area contributed by atoms with Gasteiger partial charge in [0.1, 0.15) is 0 Å². The number of rotatable bonds is 2. The van der Waals surface area contributed by atoms with Crippen molar-refractivity contribution in [1.82, 2.24) is 5.32 Å². The SMILES string of the molecule is Cc1cc(C)c(C2(C3CNCCO3)COC2)cc1C. The molecule has 1 N–H and O–H groups in total. The molecule has 2 aliphatic heterocycles. The smallest absolute Gasteiger partial charge is 0.0841 e. The molecule has 1 unspecified atom stereocenters. The van der Waals surface area contributed by atoms with E-state index in [2.05, 4.69) is 38.2 Å². The van der Waals surface area contributed by atoms with E-state index in [1.165, 1.54) is 22.3 Å². The van der Waals surface area contributed by atoms with Crippen LogP contribution in [-0.4, -0.2) is 39.0 Å². The Morgan fingerprint density at radius 3 is 2.42 bits per heavy atom. The van der Waals surface area contributed by atoms with E-state index < -0.39 is 0 Å². The standard InChI is InChI=1S/C16H23NO2/c1-11-6-13(3)14(7-12(11)2)16(9-18-10-16)15-8-17-4-5-19-15/h6-7,15,17H,4-5,8-10H2,1-3H3. The van der Waals surface area contributed by atoms with Gasteiger partial charge < -0.3 is 14.8 Å². The maximum Gasteiger partial charge on any atom is 0.0841 e. The lowest BCUT2D eigenvalue weighted by atomic mass is 9.71. The molecule has 2 saturated heterocycles. The number of ether oxygens (including phenoxy) is 2. The minimum absolute atomic E-state index is 0.0516. The zero-order valence-corrected chi connectivity index (χ0v) is 12.1. The summed E-state index contributed by atoms with van der Waals surface area (Å²) in [7, 11) is 0. The summed E-state index contributed by atoms with van der Waals surface area (Å²) in [4.78, 5) is 0. The van der Waals surface area contributed by atoms with Gasteiger partial charge in [0.25, 0.3) is 0 Å². The van der Waals surface area contributed by atoms with Gasteiger partial charge in [-0.3, -0.25) is 0 Å². The molecule has 2 aliphatic rings. The first-order valence-electron chi connectivity index (χ1n) is 7.12. The molecular weight excluding hydrogens is 238 g/mol. The number of nitrogens with one attached hydrogen (secondary N) is 1. The fourth-order valence-corrected chi connectivity index (χ4v) is 3.25. The summed E-state index contributed by atoms with van der Waals surface area (Å²) >= 11 is 0. The van der Waals surface area contributed by atoms with Gasteiger partial charge in [0.2, 0.25) is 0 Å². The van der Waals surface area contributed by atoms with Gasteiger partial charge in [-0.05, 0) is 43.0 Å². The van der Waals surface area contributed by atoms with E-state index >= 15 is 0 Å². The summed E-state index contributed by atoms with van der Waals surface area (Å²) in [6, 6.07) is 4.63. The van der Waals surface area contributed by atoms with Crippen LogP contribution in [0, 0.1) is 20.8 Å². The highest BCUT2D eigenvalue weighted by Crippen LogP contribution is 2.40. The Hall–Kier alpha value is -0.900. The first-order valence-corrected chi connectivity index (χ1v) is 7.12. The van der Waals surface area contributed by atoms with Crippen LogP contribution in [0.5, 0.6) is 0 Å². The molecule has 0 spiro atoms. The minimum atomic E-state index is 0.0516. The van der Waals surface area contributed by atoms with E-state index in [1.54, 1.807) is 0 Å². The number of morpholine rings is 1. The van der Waals surface area contributed by atoms with Crippen LogP contribution in [-0.2, 0) is 14.9 Å². The molecule has 2 fully saturated rings. The highest BCUT2D eigenvalue weighted by Gasteiger charge is 2.49. The average Bonchev–Trinajstić information content (AvgIpc) is 2.35. The second-order valence-electron chi connectivity index (χ2n) is 5.96. The molecule has 3 heteroatoms. The summed E-state index contributed by atoms with van der Waals surface area (Å²) in [5.41, 5.74) is 5.54. The Bertz CT molecular complexity index is 474. The lowest BCUT2D eigenvalue weighted by Crippen LogP contribution is -2.61. The van der Waals surface area contributed by atoms with Gasteiger partial charge in [-0.1, -0.05) is 12.1 Å². The third kappa shape index (κ3) is 2.10. The maximum atomic E-state index is 6.02. The van der Waals surface area contributed by atoms with Crippen molar-refractivity contribution in [3.8, 4) is 0 Å². The van der Waals surface area contributed by atoms with Crippen LogP contribution in [0.25, 0.3) is 0 Å². The molecule has 2 heterocycles. The monoisotopic (exact) mass is 261 g/mol. The molecule has 0 bridgehead atoms. The van der Waals surface area contributed by atoms with Gasteiger partial charge >= 0.3 is 0 Å². The molecule has 1 atom stereocenters. The second-order valence-corrected chi connectivity index (χ2v) is 5.96. The van der Waals surface area contributed by atoms with Gasteiger partial charge in [-0.25, -0.2) is 0 Å². The Kier molecular flexibility index (Phi) is 3.37. The summed E-state index contributed by atoms with van der Waals surface area (Å²) in [5, 5.41) is 3.44. The molecule has 104 valence electrons. The number of hydrogen-bond acceptors (Lipinski definition) is 3. The van der Waals surface area contributed by atoms with E-state index in [4.69, 9.17) is 9.47 Å². The van der Waals surface area contributed by atoms with Gasteiger partial charge in [0.05, 0.1) is 31.3 Å². The molecule has 0 aliphatic carbocycles. The van der Waals surface area contributed by atoms with Crippen LogP contribution >= 0.6 is 0 Å². The fourth-order valence-electron chi connectivity index (χ4n) is 3.25. The Morgan fingerprint density at radius 2 is 1.84 bits per heavy atom. The third-order valence-corrected chi connectivity index (χ3v) is 4.64. The normalized spacial score (nSPS) is 25.9. The minimum Gasteiger partial charge on any atom is -0.379 e. The number of hydrogen-bond donors (Lipinski definition) is 1. The molecular formula is C16H23NO2. The van der Waals surface area contributed by atoms with E-state index in [1.807, 2.05) is 0 Å². The van der Waals surface area contributed by atoms with Crippen LogP contribution in [0.3, 0.4) is 0 Å². The molecule has 3 rings (SSSR count). The molecule has 0 aromatic heterocycles. The van der Waals surface area contributed by atoms with E-state index in [9.17, 15) is 0 Å². The summed E-state index contributed by atoms with van der Waals surface area (Å²) in [5.74, 6) is 0. The largest absolute Gasteiger partial charge is 0.379 e. The second kappa shape index (κ2) is 4.89. The van der Waals surface area contributed by atoms with Gasteiger partial charge in [0.15, 0.2) is 0 Å². The van der Waals surface area contributed by atoms with Crippen molar-refractivity contribution in [2.24, 2.45) is 0 Å². The van der Waals surface area contributed by atoms with Gasteiger partial charge in [-0.15, -0.1) is 0 Å². The first-order chi connectivity index (χ1) is 9.13. The summed E-state index contributed by atoms with van der Waals surface area (Å²) in [6.07, 6.45) is 0.232. The predicted octanol–water partition coefficient (Wildman–Crippen LogP) is 1.87. The van der Waals surface area contributed by atoms with E-state index in [0.717, 1.165) is 32.9 Å². The first kappa shape index (κ1) is 13.1. The van der Waals surface area contributed by atoms with Crippen molar-refractivity contribution in [2.75, 3.05) is 32.9 Å². The van der Waals surface area contributed by atoms with E-state index in [0.29, 0.717) is 0 Å². The Labute approximate surface area is 115 Å². The molecule has 3 nitrogen and oxygen atoms in total. The third-order valence-electron chi connectivity index (χ3n) is 4.64. The molecule has 1 aromatic carbocycles. The topological polar surface area (TPSA) is 30.5 Å². The van der Waals surface area contributed by atoms with Crippen LogP contribution in [0.1, 0.15) is 22.3 Å².